The first kappa shape index (κ1) is 14.0. The summed E-state index contributed by atoms with van der Waals surface area (Å²) in [5.74, 6) is -0.137. The van der Waals surface area contributed by atoms with Crippen molar-refractivity contribution in [2.45, 2.75) is 59.4 Å². The molecule has 86 valence electrons. The molecule has 0 saturated carbocycles. The molecule has 0 aliphatic rings. The van der Waals surface area contributed by atoms with Crippen LogP contribution in [0.3, 0.4) is 0 Å². The van der Waals surface area contributed by atoms with Gasteiger partial charge in [-0.3, -0.25) is 4.79 Å². The summed E-state index contributed by atoms with van der Waals surface area (Å²) < 4.78 is 0. The molecule has 0 atom stereocenters. The van der Waals surface area contributed by atoms with E-state index >= 15 is 0 Å². The van der Waals surface area contributed by atoms with Gasteiger partial charge in [0.1, 0.15) is 5.41 Å². The third-order valence-electron chi connectivity index (χ3n) is 3.19. The van der Waals surface area contributed by atoms with Crippen LogP contribution in [0.5, 0.6) is 0 Å². The first-order chi connectivity index (χ1) is 6.87. The number of hydrogen-bond acceptors (Lipinski definition) is 2. The molecule has 0 radical (unpaired) electrons. The molecule has 1 N–H and O–H groups in total. The lowest BCUT2D eigenvalue weighted by Crippen LogP contribution is -2.49. The van der Waals surface area contributed by atoms with Gasteiger partial charge in [0.2, 0.25) is 5.91 Å². The Morgan fingerprint density at radius 3 is 1.93 bits per heavy atom. The van der Waals surface area contributed by atoms with Crippen molar-refractivity contribution in [3.8, 4) is 6.07 Å². The van der Waals surface area contributed by atoms with Gasteiger partial charge in [-0.2, -0.15) is 5.26 Å². The van der Waals surface area contributed by atoms with Crippen molar-refractivity contribution < 1.29 is 4.79 Å². The summed E-state index contributed by atoms with van der Waals surface area (Å²) in [5, 5.41) is 12.0. The predicted octanol–water partition coefficient (Wildman–Crippen LogP) is 2.62. The van der Waals surface area contributed by atoms with E-state index in [2.05, 4.69) is 11.4 Å². The molecule has 0 aromatic rings. The Morgan fingerprint density at radius 1 is 1.20 bits per heavy atom. The first-order valence-electron chi connectivity index (χ1n) is 5.61. The highest BCUT2D eigenvalue weighted by Crippen LogP contribution is 2.26. The number of carbonyl (C=O) groups is 1. The molecule has 3 heteroatoms. The van der Waals surface area contributed by atoms with Crippen molar-refractivity contribution in [1.29, 1.82) is 5.26 Å². The Bertz CT molecular complexity index is 259. The molecule has 15 heavy (non-hydrogen) atoms. The van der Waals surface area contributed by atoms with Gasteiger partial charge in [-0.15, -0.1) is 0 Å². The Kier molecular flexibility index (Phi) is 4.80. The molecule has 0 aromatic heterocycles. The Morgan fingerprint density at radius 2 is 1.67 bits per heavy atom. The zero-order valence-electron chi connectivity index (χ0n) is 10.5. The van der Waals surface area contributed by atoms with E-state index in [0.717, 1.165) is 6.42 Å². The third-order valence-corrected chi connectivity index (χ3v) is 3.19. The molecule has 1 amide bonds. The van der Waals surface area contributed by atoms with Gasteiger partial charge in [0.25, 0.3) is 0 Å². The normalized spacial score (nSPS) is 12.0. The third kappa shape index (κ3) is 3.23. The summed E-state index contributed by atoms with van der Waals surface area (Å²) in [6, 6.07) is 2.15. The van der Waals surface area contributed by atoms with Crippen molar-refractivity contribution in [1.82, 2.24) is 5.32 Å². The van der Waals surface area contributed by atoms with E-state index < -0.39 is 5.41 Å². The molecule has 0 unspecified atom stereocenters. The highest BCUT2D eigenvalue weighted by Gasteiger charge is 2.37. The number of nitrogens with one attached hydrogen (secondary N) is 1. The van der Waals surface area contributed by atoms with E-state index in [1.807, 2.05) is 34.6 Å². The number of nitriles is 1. The van der Waals surface area contributed by atoms with Gasteiger partial charge in [-0.25, -0.2) is 0 Å². The van der Waals surface area contributed by atoms with Gasteiger partial charge in [-0.05, 0) is 33.1 Å². The largest absolute Gasteiger partial charge is 0.350 e. The van der Waals surface area contributed by atoms with E-state index in [0.29, 0.717) is 12.8 Å². The average Bonchev–Trinajstić information content (AvgIpc) is 2.21. The summed E-state index contributed by atoms with van der Waals surface area (Å²) in [5.41, 5.74) is -1.09. The second-order valence-corrected chi connectivity index (χ2v) is 4.59. The lowest BCUT2D eigenvalue weighted by Gasteiger charge is -2.30. The summed E-state index contributed by atoms with van der Waals surface area (Å²) in [6.07, 6.45) is 1.98. The van der Waals surface area contributed by atoms with Crippen molar-refractivity contribution in [3.05, 3.63) is 0 Å². The minimum Gasteiger partial charge on any atom is -0.350 e. The zero-order valence-corrected chi connectivity index (χ0v) is 10.5. The lowest BCUT2D eigenvalue weighted by molar-refractivity contribution is -0.130. The van der Waals surface area contributed by atoms with Gasteiger partial charge >= 0.3 is 0 Å². The topological polar surface area (TPSA) is 52.9 Å². The number of nitrogens with zero attached hydrogens (tertiary/aromatic N) is 1. The van der Waals surface area contributed by atoms with Crippen LogP contribution in [-0.2, 0) is 4.79 Å². The molecule has 0 saturated heterocycles. The van der Waals surface area contributed by atoms with Gasteiger partial charge in [-0.1, -0.05) is 20.8 Å². The second-order valence-electron chi connectivity index (χ2n) is 4.59. The average molecular weight is 210 g/mol. The number of amides is 1. The minimum absolute atomic E-state index is 0.137. The monoisotopic (exact) mass is 210 g/mol. The molecule has 0 bridgehead atoms. The van der Waals surface area contributed by atoms with Crippen LogP contribution in [0.1, 0.15) is 53.9 Å². The number of hydrogen-bond donors (Lipinski definition) is 1. The fraction of sp³-hybridized carbons (Fsp3) is 0.833. The summed E-state index contributed by atoms with van der Waals surface area (Å²) in [4.78, 5) is 12.0. The molecule has 3 nitrogen and oxygen atoms in total. The van der Waals surface area contributed by atoms with E-state index in [9.17, 15) is 4.79 Å². The summed E-state index contributed by atoms with van der Waals surface area (Å²) >= 11 is 0. The maximum Gasteiger partial charge on any atom is 0.240 e. The molecule has 0 rings (SSSR count). The van der Waals surface area contributed by atoms with Crippen LogP contribution < -0.4 is 5.32 Å². The second kappa shape index (κ2) is 5.16. The standard InChI is InChI=1S/C12H22N2O/c1-6-11(4,5)14-10(15)12(7-2,8-3)9-13/h6-8H2,1-5H3,(H,14,15). The van der Waals surface area contributed by atoms with E-state index in [1.165, 1.54) is 0 Å². The van der Waals surface area contributed by atoms with Crippen LogP contribution in [-0.4, -0.2) is 11.4 Å². The molecule has 0 spiro atoms. The fourth-order valence-corrected chi connectivity index (χ4v) is 1.30. The van der Waals surface area contributed by atoms with Crippen molar-refractivity contribution in [3.63, 3.8) is 0 Å². The van der Waals surface area contributed by atoms with E-state index in [1.54, 1.807) is 0 Å². The summed E-state index contributed by atoms with van der Waals surface area (Å²) in [7, 11) is 0. The minimum atomic E-state index is -0.855. The van der Waals surface area contributed by atoms with Gasteiger partial charge < -0.3 is 5.32 Å². The number of carbonyl (C=O) groups excluding carboxylic acids is 1. The van der Waals surface area contributed by atoms with Crippen molar-refractivity contribution in [2.75, 3.05) is 0 Å². The van der Waals surface area contributed by atoms with E-state index in [4.69, 9.17) is 5.26 Å². The van der Waals surface area contributed by atoms with Gasteiger partial charge in [0, 0.05) is 5.54 Å². The van der Waals surface area contributed by atoms with Gasteiger partial charge in [0.15, 0.2) is 0 Å². The summed E-state index contributed by atoms with van der Waals surface area (Å²) in [6.45, 7) is 9.72. The van der Waals surface area contributed by atoms with Crippen LogP contribution in [0.25, 0.3) is 0 Å². The molecule has 0 aliphatic carbocycles. The highest BCUT2D eigenvalue weighted by atomic mass is 16.2. The lowest BCUT2D eigenvalue weighted by atomic mass is 9.82. The van der Waals surface area contributed by atoms with Crippen molar-refractivity contribution >= 4 is 5.91 Å². The first-order valence-corrected chi connectivity index (χ1v) is 5.61. The maximum atomic E-state index is 12.0. The smallest absolute Gasteiger partial charge is 0.240 e. The number of rotatable bonds is 5. The molecular weight excluding hydrogens is 188 g/mol. The van der Waals surface area contributed by atoms with Crippen LogP contribution in [0.4, 0.5) is 0 Å². The van der Waals surface area contributed by atoms with Crippen molar-refractivity contribution in [2.24, 2.45) is 5.41 Å². The van der Waals surface area contributed by atoms with Crippen LogP contribution in [0, 0.1) is 16.7 Å². The maximum absolute atomic E-state index is 12.0. The SMILES string of the molecule is CCC(C)(C)NC(=O)C(C#N)(CC)CC. The van der Waals surface area contributed by atoms with Gasteiger partial charge in [0.05, 0.1) is 6.07 Å². The zero-order chi connectivity index (χ0) is 12.1. The van der Waals surface area contributed by atoms with Crippen LogP contribution in [0.2, 0.25) is 0 Å². The molecular formula is C12H22N2O. The Hall–Kier alpha value is -1.04. The van der Waals surface area contributed by atoms with Crippen LogP contribution >= 0.6 is 0 Å². The molecule has 0 aromatic carbocycles. The van der Waals surface area contributed by atoms with E-state index in [-0.39, 0.29) is 11.4 Å². The molecule has 0 fully saturated rings. The Labute approximate surface area is 92.9 Å². The van der Waals surface area contributed by atoms with Crippen LogP contribution in [0.15, 0.2) is 0 Å². The predicted molar refractivity (Wildman–Crippen MR) is 61.1 cm³/mol. The quantitative estimate of drug-likeness (QED) is 0.758. The molecule has 0 aliphatic heterocycles. The fourth-order valence-electron chi connectivity index (χ4n) is 1.30. The highest BCUT2D eigenvalue weighted by molar-refractivity contribution is 5.85. The molecule has 0 heterocycles. The Balaban J connectivity index is 4.77.